The number of nitrogens with one attached hydrogen (secondary N) is 1. The quantitative estimate of drug-likeness (QED) is 0.894. The summed E-state index contributed by atoms with van der Waals surface area (Å²) in [5, 5.41) is 3.48. The number of fused-ring (bicyclic) bond motifs is 3. The number of aryl methyl sites for hydroxylation is 1. The zero-order valence-corrected chi connectivity index (χ0v) is 12.4. The molecule has 3 fully saturated rings. The number of hydrogen-bond donors (Lipinski definition) is 1. The molecule has 2 unspecified atom stereocenters. The van der Waals surface area contributed by atoms with E-state index in [1.165, 1.54) is 31.7 Å². The van der Waals surface area contributed by atoms with Crippen molar-refractivity contribution >= 4 is 0 Å². The minimum Gasteiger partial charge on any atom is -0.315 e. The lowest BCUT2D eigenvalue weighted by Gasteiger charge is -2.50. The van der Waals surface area contributed by atoms with Crippen LogP contribution in [0.15, 0.2) is 18.2 Å². The van der Waals surface area contributed by atoms with Gasteiger partial charge in [0, 0.05) is 44.8 Å². The Kier molecular flexibility index (Phi) is 4.06. The van der Waals surface area contributed by atoms with E-state index in [2.05, 4.69) is 15.1 Å². The Bertz CT molecular complexity index is 469. The molecule has 3 aliphatic rings. The van der Waals surface area contributed by atoms with Crippen molar-refractivity contribution in [1.82, 2.24) is 15.1 Å². The topological polar surface area (TPSA) is 18.5 Å². The van der Waals surface area contributed by atoms with Gasteiger partial charge in [-0.25, -0.2) is 4.39 Å². The van der Waals surface area contributed by atoms with Crippen LogP contribution < -0.4 is 5.32 Å². The van der Waals surface area contributed by atoms with Crippen LogP contribution in [0.3, 0.4) is 0 Å². The molecule has 4 rings (SSSR count). The average Bonchev–Trinajstić information content (AvgIpc) is 2.48. The van der Waals surface area contributed by atoms with Crippen LogP contribution in [0.1, 0.15) is 11.1 Å². The van der Waals surface area contributed by atoms with Crippen LogP contribution in [0.4, 0.5) is 4.39 Å². The van der Waals surface area contributed by atoms with Crippen molar-refractivity contribution < 1.29 is 4.39 Å². The van der Waals surface area contributed by atoms with E-state index in [0.717, 1.165) is 18.5 Å². The molecule has 0 saturated carbocycles. The van der Waals surface area contributed by atoms with Gasteiger partial charge in [0.25, 0.3) is 0 Å². The van der Waals surface area contributed by atoms with Crippen molar-refractivity contribution in [2.45, 2.75) is 25.4 Å². The summed E-state index contributed by atoms with van der Waals surface area (Å²) >= 11 is 0. The number of hydrogen-bond acceptors (Lipinski definition) is 3. The third kappa shape index (κ3) is 2.73. The van der Waals surface area contributed by atoms with Gasteiger partial charge in [0.1, 0.15) is 5.82 Å². The molecule has 4 heteroatoms. The molecule has 0 aliphatic carbocycles. The zero-order chi connectivity index (χ0) is 14.1. The van der Waals surface area contributed by atoms with Gasteiger partial charge in [-0.2, -0.15) is 0 Å². The van der Waals surface area contributed by atoms with Crippen molar-refractivity contribution in [2.75, 3.05) is 39.8 Å². The highest BCUT2D eigenvalue weighted by molar-refractivity contribution is 5.27. The molecule has 3 nitrogen and oxygen atoms in total. The number of halogens is 1. The Labute approximate surface area is 120 Å². The van der Waals surface area contributed by atoms with E-state index in [1.807, 2.05) is 20.0 Å². The van der Waals surface area contributed by atoms with E-state index >= 15 is 0 Å². The Balaban J connectivity index is 1.73. The second-order valence-corrected chi connectivity index (χ2v) is 6.07. The van der Waals surface area contributed by atoms with Gasteiger partial charge in [0.2, 0.25) is 0 Å². The molecular formula is C16H24FN3. The maximum absolute atomic E-state index is 13.2. The van der Waals surface area contributed by atoms with Crippen LogP contribution in [-0.4, -0.2) is 61.7 Å². The van der Waals surface area contributed by atoms with Gasteiger partial charge in [-0.3, -0.25) is 9.80 Å². The molecule has 3 aliphatic heterocycles. The highest BCUT2D eigenvalue weighted by Gasteiger charge is 2.36. The lowest BCUT2D eigenvalue weighted by Crippen LogP contribution is -2.66. The summed E-state index contributed by atoms with van der Waals surface area (Å²) in [7, 11) is 2.04. The first kappa shape index (κ1) is 14.0. The first-order chi connectivity index (χ1) is 9.67. The molecule has 1 N–H and O–H groups in total. The maximum Gasteiger partial charge on any atom is 0.123 e. The van der Waals surface area contributed by atoms with E-state index in [9.17, 15) is 4.39 Å². The van der Waals surface area contributed by atoms with E-state index in [1.54, 1.807) is 12.1 Å². The molecule has 2 bridgehead atoms. The lowest BCUT2D eigenvalue weighted by molar-refractivity contribution is -0.00204. The van der Waals surface area contributed by atoms with Gasteiger partial charge >= 0.3 is 0 Å². The first-order valence-corrected chi connectivity index (χ1v) is 7.56. The summed E-state index contributed by atoms with van der Waals surface area (Å²) in [5.41, 5.74) is 2.31. The Hall–Kier alpha value is -0.970. The van der Waals surface area contributed by atoms with Crippen molar-refractivity contribution in [2.24, 2.45) is 0 Å². The summed E-state index contributed by atoms with van der Waals surface area (Å²) in [4.78, 5) is 5.17. The van der Waals surface area contributed by atoms with Crippen LogP contribution in [-0.2, 0) is 6.42 Å². The van der Waals surface area contributed by atoms with E-state index < -0.39 is 0 Å². The molecule has 0 aromatic heterocycles. The average molecular weight is 277 g/mol. The van der Waals surface area contributed by atoms with Crippen LogP contribution in [0, 0.1) is 12.7 Å². The molecule has 3 heterocycles. The van der Waals surface area contributed by atoms with Crippen molar-refractivity contribution in [3.05, 3.63) is 35.1 Å². The molecular weight excluding hydrogens is 253 g/mol. The van der Waals surface area contributed by atoms with E-state index in [0.29, 0.717) is 12.1 Å². The summed E-state index contributed by atoms with van der Waals surface area (Å²) in [6, 6.07) is 6.16. The summed E-state index contributed by atoms with van der Waals surface area (Å²) in [6.07, 6.45) is 0.970. The molecule has 20 heavy (non-hydrogen) atoms. The van der Waals surface area contributed by atoms with Gasteiger partial charge in [0.05, 0.1) is 0 Å². The number of likely N-dealkylation sites (N-methyl/N-ethyl adjacent to an activating group) is 1. The van der Waals surface area contributed by atoms with Gasteiger partial charge in [-0.05, 0) is 43.7 Å². The predicted octanol–water partition coefficient (Wildman–Crippen LogP) is 1.26. The van der Waals surface area contributed by atoms with E-state index in [-0.39, 0.29) is 5.82 Å². The fourth-order valence-corrected chi connectivity index (χ4v) is 3.60. The SMILES string of the molecule is CNC(Cc1ccc(F)cc1C)C1CN2CCN1CC2. The fourth-order valence-electron chi connectivity index (χ4n) is 3.60. The van der Waals surface area contributed by atoms with Crippen LogP contribution in [0.5, 0.6) is 0 Å². The summed E-state index contributed by atoms with van der Waals surface area (Å²) < 4.78 is 13.2. The van der Waals surface area contributed by atoms with Crippen LogP contribution in [0.2, 0.25) is 0 Å². The molecule has 0 radical (unpaired) electrons. The monoisotopic (exact) mass is 277 g/mol. The second-order valence-electron chi connectivity index (χ2n) is 6.07. The normalized spacial score (nSPS) is 30.4. The van der Waals surface area contributed by atoms with Crippen LogP contribution in [0.25, 0.3) is 0 Å². The third-order valence-corrected chi connectivity index (χ3v) is 4.90. The Morgan fingerprint density at radius 3 is 2.60 bits per heavy atom. The lowest BCUT2D eigenvalue weighted by atomic mass is 9.92. The molecule has 110 valence electrons. The zero-order valence-electron chi connectivity index (χ0n) is 12.4. The predicted molar refractivity (Wildman–Crippen MR) is 79.5 cm³/mol. The first-order valence-electron chi connectivity index (χ1n) is 7.56. The largest absolute Gasteiger partial charge is 0.315 e. The second kappa shape index (κ2) is 5.80. The fraction of sp³-hybridized carbons (Fsp3) is 0.625. The molecule has 3 saturated heterocycles. The smallest absolute Gasteiger partial charge is 0.123 e. The minimum absolute atomic E-state index is 0.140. The van der Waals surface area contributed by atoms with Crippen molar-refractivity contribution in [3.63, 3.8) is 0 Å². The standard InChI is InChI=1S/C16H24FN3/c1-12-9-14(17)4-3-13(12)10-15(18-2)16-11-19-5-7-20(16)8-6-19/h3-4,9,15-16,18H,5-8,10-11H2,1-2H3. The highest BCUT2D eigenvalue weighted by Crippen LogP contribution is 2.21. The molecule has 0 spiro atoms. The number of rotatable bonds is 4. The molecule has 1 aromatic rings. The Morgan fingerprint density at radius 2 is 2.05 bits per heavy atom. The Morgan fingerprint density at radius 1 is 1.30 bits per heavy atom. The number of benzene rings is 1. The third-order valence-electron chi connectivity index (χ3n) is 4.90. The van der Waals surface area contributed by atoms with Crippen molar-refractivity contribution in [1.29, 1.82) is 0 Å². The van der Waals surface area contributed by atoms with Crippen LogP contribution >= 0.6 is 0 Å². The summed E-state index contributed by atoms with van der Waals surface area (Å²) in [6.45, 7) is 7.95. The molecule has 0 amide bonds. The maximum atomic E-state index is 13.2. The molecule has 1 aromatic carbocycles. The van der Waals surface area contributed by atoms with Gasteiger partial charge in [-0.15, -0.1) is 0 Å². The number of piperazine rings is 3. The minimum atomic E-state index is -0.140. The van der Waals surface area contributed by atoms with Crippen molar-refractivity contribution in [3.8, 4) is 0 Å². The van der Waals surface area contributed by atoms with Gasteiger partial charge in [-0.1, -0.05) is 6.07 Å². The highest BCUT2D eigenvalue weighted by atomic mass is 19.1. The summed E-state index contributed by atoms with van der Waals surface area (Å²) in [5.74, 6) is -0.140. The van der Waals surface area contributed by atoms with E-state index in [4.69, 9.17) is 0 Å². The molecule has 2 atom stereocenters. The van der Waals surface area contributed by atoms with Gasteiger partial charge < -0.3 is 5.32 Å². The van der Waals surface area contributed by atoms with Gasteiger partial charge in [0.15, 0.2) is 0 Å². The number of nitrogens with zero attached hydrogens (tertiary/aromatic N) is 2.